The van der Waals surface area contributed by atoms with Crippen molar-refractivity contribution in [3.63, 3.8) is 0 Å². The molecule has 1 atom stereocenters. The molecule has 1 N–H and O–H groups in total. The summed E-state index contributed by atoms with van der Waals surface area (Å²) in [5.41, 5.74) is 3.38. The van der Waals surface area contributed by atoms with E-state index >= 15 is 0 Å². The Morgan fingerprint density at radius 3 is 2.42 bits per heavy atom. The molecule has 0 saturated heterocycles. The van der Waals surface area contributed by atoms with Gasteiger partial charge in [-0.3, -0.25) is 4.79 Å². The number of hydrogen-bond donors (Lipinski definition) is 1. The van der Waals surface area contributed by atoms with Crippen LogP contribution < -0.4 is 19.5 Å². The van der Waals surface area contributed by atoms with Gasteiger partial charge >= 0.3 is 0 Å². The first-order valence-corrected chi connectivity index (χ1v) is 12.8. The topological polar surface area (TPSA) is 87.5 Å². The lowest BCUT2D eigenvalue weighted by Gasteiger charge is -2.38. The number of hydrogen-bond acceptors (Lipinski definition) is 8. The summed E-state index contributed by atoms with van der Waals surface area (Å²) in [7, 11) is 4.78. The van der Waals surface area contributed by atoms with Crippen molar-refractivity contribution in [2.45, 2.75) is 43.6 Å². The standard InChI is InChI=1S/C27H30N4O4S/c1-27(2)13-18-23(19(32)14-27)24(17-11-21(34-4)22(35-5)12-20(17)33-3)31-25(28-18)29-26(30-31)36-15-16-9-7-6-8-10-16/h6-12,24H,13-15H2,1-5H3,(H,28,29,30). The molecule has 1 aliphatic heterocycles. The van der Waals surface area contributed by atoms with Crippen LogP contribution in [0.2, 0.25) is 0 Å². The summed E-state index contributed by atoms with van der Waals surface area (Å²) in [4.78, 5) is 18.4. The Kier molecular flexibility index (Phi) is 6.42. The Morgan fingerprint density at radius 1 is 1.03 bits per heavy atom. The maximum Gasteiger partial charge on any atom is 0.227 e. The van der Waals surface area contributed by atoms with Gasteiger partial charge in [-0.05, 0) is 23.5 Å². The lowest BCUT2D eigenvalue weighted by molar-refractivity contribution is -0.118. The zero-order chi connectivity index (χ0) is 25.4. The van der Waals surface area contributed by atoms with Gasteiger partial charge in [0.1, 0.15) is 11.8 Å². The maximum absolute atomic E-state index is 13.6. The summed E-state index contributed by atoms with van der Waals surface area (Å²) in [6.07, 6.45) is 1.19. The van der Waals surface area contributed by atoms with Gasteiger partial charge in [-0.2, -0.15) is 4.98 Å². The largest absolute Gasteiger partial charge is 0.496 e. The van der Waals surface area contributed by atoms with Gasteiger partial charge in [0.25, 0.3) is 0 Å². The quantitative estimate of drug-likeness (QED) is 0.435. The number of anilines is 1. The van der Waals surface area contributed by atoms with Crippen molar-refractivity contribution in [1.29, 1.82) is 0 Å². The monoisotopic (exact) mass is 506 g/mol. The van der Waals surface area contributed by atoms with Crippen LogP contribution in [0.3, 0.4) is 0 Å². The molecule has 1 unspecified atom stereocenters. The van der Waals surface area contributed by atoms with Gasteiger partial charge in [0.05, 0.1) is 21.3 Å². The number of ketones is 1. The number of aromatic nitrogens is 3. The normalized spacial score (nSPS) is 18.2. The maximum atomic E-state index is 13.6. The highest BCUT2D eigenvalue weighted by molar-refractivity contribution is 7.98. The Balaban J connectivity index is 1.62. The van der Waals surface area contributed by atoms with E-state index in [1.54, 1.807) is 43.8 Å². The van der Waals surface area contributed by atoms with Gasteiger partial charge < -0.3 is 19.5 Å². The third-order valence-corrected chi connectivity index (χ3v) is 7.46. The predicted molar refractivity (Wildman–Crippen MR) is 139 cm³/mol. The van der Waals surface area contributed by atoms with E-state index in [1.807, 2.05) is 24.3 Å². The van der Waals surface area contributed by atoms with Crippen LogP contribution >= 0.6 is 11.8 Å². The van der Waals surface area contributed by atoms with Gasteiger partial charge in [0.15, 0.2) is 17.3 Å². The molecular weight excluding hydrogens is 476 g/mol. The van der Waals surface area contributed by atoms with Gasteiger partial charge in [0, 0.05) is 35.1 Å². The van der Waals surface area contributed by atoms with Crippen molar-refractivity contribution in [3.05, 3.63) is 64.9 Å². The molecule has 0 amide bonds. The van der Waals surface area contributed by atoms with Crippen LogP contribution in [0.5, 0.6) is 17.2 Å². The van der Waals surface area contributed by atoms with Crippen molar-refractivity contribution in [3.8, 4) is 17.2 Å². The number of carbonyl (C=O) groups excluding carboxylic acids is 1. The highest BCUT2D eigenvalue weighted by Gasteiger charge is 2.43. The number of allylic oxidation sites excluding steroid dienone is 2. The van der Waals surface area contributed by atoms with E-state index in [2.05, 4.69) is 31.3 Å². The van der Waals surface area contributed by atoms with Crippen LogP contribution in [0.15, 0.2) is 58.9 Å². The second-order valence-electron chi connectivity index (χ2n) is 9.75. The number of nitrogens with zero attached hydrogens (tertiary/aromatic N) is 3. The van der Waals surface area contributed by atoms with Crippen molar-refractivity contribution in [2.75, 3.05) is 26.6 Å². The first-order valence-electron chi connectivity index (χ1n) is 11.8. The Hall–Kier alpha value is -3.46. The van der Waals surface area contributed by atoms with E-state index in [0.29, 0.717) is 40.3 Å². The molecule has 2 heterocycles. The van der Waals surface area contributed by atoms with E-state index in [9.17, 15) is 4.79 Å². The second kappa shape index (κ2) is 9.54. The minimum absolute atomic E-state index is 0.0928. The predicted octanol–water partition coefficient (Wildman–Crippen LogP) is 5.25. The van der Waals surface area contributed by atoms with E-state index in [1.165, 1.54) is 5.56 Å². The third kappa shape index (κ3) is 4.43. The molecule has 0 bridgehead atoms. The number of benzene rings is 2. The number of Topliss-reactive ketones (excluding diaryl/α,β-unsaturated/α-hetero) is 1. The molecule has 9 heteroatoms. The number of fused-ring (bicyclic) bond motifs is 1. The van der Waals surface area contributed by atoms with Gasteiger partial charge in [-0.15, -0.1) is 5.10 Å². The molecule has 36 heavy (non-hydrogen) atoms. The Labute approximate surface area is 215 Å². The molecule has 0 fully saturated rings. The van der Waals surface area contributed by atoms with Gasteiger partial charge in [-0.25, -0.2) is 4.68 Å². The van der Waals surface area contributed by atoms with E-state index < -0.39 is 6.04 Å². The Morgan fingerprint density at radius 2 is 1.72 bits per heavy atom. The molecule has 8 nitrogen and oxygen atoms in total. The lowest BCUT2D eigenvalue weighted by atomic mass is 9.73. The lowest BCUT2D eigenvalue weighted by Crippen LogP contribution is -2.36. The van der Waals surface area contributed by atoms with Crippen LogP contribution in [-0.4, -0.2) is 41.9 Å². The number of methoxy groups -OCH3 is 3. The smallest absolute Gasteiger partial charge is 0.227 e. The van der Waals surface area contributed by atoms with Crippen LogP contribution in [0.25, 0.3) is 0 Å². The van der Waals surface area contributed by atoms with Gasteiger partial charge in [0.2, 0.25) is 11.1 Å². The molecule has 0 spiro atoms. The highest BCUT2D eigenvalue weighted by Crippen LogP contribution is 2.49. The fraction of sp³-hybridized carbons (Fsp3) is 0.370. The molecule has 2 aliphatic rings. The number of rotatable bonds is 7. The van der Waals surface area contributed by atoms with Crippen molar-refractivity contribution in [2.24, 2.45) is 5.41 Å². The molecule has 188 valence electrons. The summed E-state index contributed by atoms with van der Waals surface area (Å²) in [6, 6.07) is 13.4. The van der Waals surface area contributed by atoms with E-state index in [-0.39, 0.29) is 11.2 Å². The number of nitrogens with one attached hydrogen (secondary N) is 1. The third-order valence-electron chi connectivity index (χ3n) is 6.55. The van der Waals surface area contributed by atoms with Crippen LogP contribution in [0.4, 0.5) is 5.95 Å². The first-order chi connectivity index (χ1) is 17.3. The van der Waals surface area contributed by atoms with Crippen LogP contribution in [0.1, 0.15) is 43.9 Å². The zero-order valence-electron chi connectivity index (χ0n) is 21.1. The summed E-state index contributed by atoms with van der Waals surface area (Å²) in [5, 5.41) is 8.92. The van der Waals surface area contributed by atoms with Gasteiger partial charge in [-0.1, -0.05) is 55.9 Å². The van der Waals surface area contributed by atoms with Crippen molar-refractivity contribution >= 4 is 23.5 Å². The molecule has 5 rings (SSSR count). The zero-order valence-corrected chi connectivity index (χ0v) is 21.9. The minimum Gasteiger partial charge on any atom is -0.496 e. The van der Waals surface area contributed by atoms with Crippen LogP contribution in [0, 0.1) is 5.41 Å². The summed E-state index contributed by atoms with van der Waals surface area (Å²) in [6.45, 7) is 4.23. The molecule has 0 saturated carbocycles. The molecule has 1 aliphatic carbocycles. The summed E-state index contributed by atoms with van der Waals surface area (Å²) < 4.78 is 18.7. The number of ether oxygens (including phenoxy) is 3. The second-order valence-corrected chi connectivity index (χ2v) is 10.7. The van der Waals surface area contributed by atoms with Crippen LogP contribution in [-0.2, 0) is 10.5 Å². The van der Waals surface area contributed by atoms with E-state index in [4.69, 9.17) is 24.3 Å². The molecule has 1 aromatic heterocycles. The first kappa shape index (κ1) is 24.2. The van der Waals surface area contributed by atoms with Crippen molar-refractivity contribution < 1.29 is 19.0 Å². The Bertz CT molecular complexity index is 1330. The summed E-state index contributed by atoms with van der Waals surface area (Å²) in [5.74, 6) is 3.14. The molecular formula is C27H30N4O4S. The average molecular weight is 507 g/mol. The molecule has 2 aromatic carbocycles. The highest BCUT2D eigenvalue weighted by atomic mass is 32.2. The minimum atomic E-state index is -0.506. The van der Waals surface area contributed by atoms with Crippen molar-refractivity contribution in [1.82, 2.24) is 14.8 Å². The van der Waals surface area contributed by atoms with E-state index in [0.717, 1.165) is 23.4 Å². The SMILES string of the molecule is COc1cc(OC)c(C2C3=C(CC(C)(C)CC3=O)Nc3nc(SCc4ccccc4)nn32)cc1OC. The fourth-order valence-corrected chi connectivity index (χ4v) is 5.71. The number of carbonyl (C=O) groups is 1. The molecule has 3 aromatic rings. The number of thioether (sulfide) groups is 1. The average Bonchev–Trinajstić information content (AvgIpc) is 3.27. The molecule has 0 radical (unpaired) electrons. The summed E-state index contributed by atoms with van der Waals surface area (Å²) >= 11 is 1.56. The fourth-order valence-electron chi connectivity index (χ4n) is 4.93.